The molecule has 0 unspecified atom stereocenters. The standard InChI is InChI=1S/C8H5BrF2O2.C7H5BrO2.C2HBrF2O2.Na/c9-6-2-1-5(4-12)7(3-6)13-8(10)11;8-6-2-1-5(4-9)7(10)3-6;3-2(4,5)1(6)7;/h1-4,8H;1-4,10H;(H,6,7);/q;;;+1/p-1. The second-order valence-corrected chi connectivity index (χ2v) is 7.61. The van der Waals surface area contributed by atoms with Gasteiger partial charge in [0, 0.05) is 8.95 Å². The van der Waals surface area contributed by atoms with Crippen LogP contribution in [-0.2, 0) is 4.79 Å². The molecule has 0 bridgehead atoms. The van der Waals surface area contributed by atoms with Crippen LogP contribution in [0.3, 0.4) is 0 Å². The van der Waals surface area contributed by atoms with Crippen LogP contribution < -0.4 is 39.4 Å². The van der Waals surface area contributed by atoms with Gasteiger partial charge in [-0.2, -0.15) is 17.6 Å². The number of alkyl halides is 5. The third-order valence-electron chi connectivity index (χ3n) is 2.67. The average molecular weight is 649 g/mol. The number of aliphatic carboxylic acids is 1. The summed E-state index contributed by atoms with van der Waals surface area (Å²) in [5, 5.41) is 18.1. The number of halogens is 7. The minimum absolute atomic E-state index is 0. The zero-order valence-corrected chi connectivity index (χ0v) is 22.1. The molecule has 0 aliphatic rings. The molecule has 6 nitrogen and oxygen atoms in total. The van der Waals surface area contributed by atoms with Crippen molar-refractivity contribution in [3.8, 4) is 11.5 Å². The van der Waals surface area contributed by atoms with Crippen LogP contribution in [0.5, 0.6) is 11.5 Å². The summed E-state index contributed by atoms with van der Waals surface area (Å²) in [6.45, 7) is -2.92. The van der Waals surface area contributed by atoms with Crippen LogP contribution in [0.2, 0.25) is 0 Å². The first-order chi connectivity index (χ1) is 13.8. The van der Waals surface area contributed by atoms with Gasteiger partial charge in [0.05, 0.1) is 11.1 Å². The van der Waals surface area contributed by atoms with E-state index in [1.807, 2.05) is 0 Å². The molecule has 14 heteroatoms. The third kappa shape index (κ3) is 13.9. The maximum absolute atomic E-state index is 11.8. The number of phenolic OH excluding ortho intramolecular Hbond substituents is 1. The van der Waals surface area contributed by atoms with Crippen molar-refractivity contribution in [3.05, 3.63) is 56.5 Å². The van der Waals surface area contributed by atoms with Gasteiger partial charge in [0.25, 0.3) is 0 Å². The predicted octanol–water partition coefficient (Wildman–Crippen LogP) is 1.56. The fourth-order valence-corrected chi connectivity index (χ4v) is 2.11. The predicted molar refractivity (Wildman–Crippen MR) is 106 cm³/mol. The number of aldehydes is 2. The Morgan fingerprint density at radius 3 is 1.81 bits per heavy atom. The molecule has 0 saturated heterocycles. The SMILES string of the molecule is O=C([O-])C(F)(F)Br.O=Cc1ccc(Br)cc1O.O=Cc1ccc(Br)cc1OC(F)F.[Na+]. The monoisotopic (exact) mass is 646 g/mol. The molecular formula is C17H10Br3F4NaO6. The van der Waals surface area contributed by atoms with Gasteiger partial charge in [-0.3, -0.25) is 9.59 Å². The van der Waals surface area contributed by atoms with Crippen molar-refractivity contribution in [2.24, 2.45) is 0 Å². The van der Waals surface area contributed by atoms with Gasteiger partial charge in [-0.05, 0) is 52.3 Å². The number of aromatic hydroxyl groups is 1. The van der Waals surface area contributed by atoms with Gasteiger partial charge in [0.15, 0.2) is 12.6 Å². The van der Waals surface area contributed by atoms with Gasteiger partial charge in [-0.1, -0.05) is 31.9 Å². The first-order valence-electron chi connectivity index (χ1n) is 7.23. The number of hydrogen-bond acceptors (Lipinski definition) is 6. The number of hydrogen-bond donors (Lipinski definition) is 1. The van der Waals surface area contributed by atoms with E-state index in [9.17, 15) is 27.2 Å². The van der Waals surface area contributed by atoms with E-state index in [-0.39, 0.29) is 46.6 Å². The molecule has 0 saturated carbocycles. The molecular weight excluding hydrogens is 639 g/mol. The van der Waals surface area contributed by atoms with Gasteiger partial charge in [0.1, 0.15) is 17.5 Å². The summed E-state index contributed by atoms with van der Waals surface area (Å²) in [6, 6.07) is 9.01. The van der Waals surface area contributed by atoms with E-state index in [0.717, 1.165) is 4.47 Å². The van der Waals surface area contributed by atoms with Gasteiger partial charge in [-0.25, -0.2) is 0 Å². The second-order valence-electron chi connectivity index (χ2n) is 4.78. The van der Waals surface area contributed by atoms with Crippen LogP contribution in [-0.4, -0.2) is 35.1 Å². The van der Waals surface area contributed by atoms with Crippen molar-refractivity contribution in [1.82, 2.24) is 0 Å². The molecule has 0 spiro atoms. The second kappa shape index (κ2) is 15.8. The first kappa shape index (κ1) is 32.2. The van der Waals surface area contributed by atoms with E-state index in [4.69, 9.17) is 15.0 Å². The molecule has 0 heterocycles. The Morgan fingerprint density at radius 1 is 1.03 bits per heavy atom. The molecule has 0 atom stereocenters. The smallest absolute Gasteiger partial charge is 0.543 e. The number of phenols is 1. The van der Waals surface area contributed by atoms with Crippen LogP contribution in [0, 0.1) is 0 Å². The zero-order valence-electron chi connectivity index (χ0n) is 15.3. The third-order valence-corrected chi connectivity index (χ3v) is 3.98. The van der Waals surface area contributed by atoms with E-state index in [1.54, 1.807) is 34.1 Å². The number of rotatable bonds is 5. The Hall–Kier alpha value is -0.990. The van der Waals surface area contributed by atoms with Crippen molar-refractivity contribution in [1.29, 1.82) is 0 Å². The molecule has 0 fully saturated rings. The van der Waals surface area contributed by atoms with Gasteiger partial charge < -0.3 is 19.7 Å². The van der Waals surface area contributed by atoms with Crippen molar-refractivity contribution < 1.29 is 76.5 Å². The number of benzene rings is 2. The van der Waals surface area contributed by atoms with E-state index >= 15 is 0 Å². The molecule has 2 rings (SSSR count). The minimum Gasteiger partial charge on any atom is -0.543 e. The number of carboxylic acids is 1. The maximum Gasteiger partial charge on any atom is 1.00 e. The van der Waals surface area contributed by atoms with Crippen LogP contribution in [0.1, 0.15) is 20.7 Å². The molecule has 0 aliphatic carbocycles. The minimum atomic E-state index is -3.88. The summed E-state index contributed by atoms with van der Waals surface area (Å²) < 4.78 is 51.3. The number of ether oxygens (including phenoxy) is 1. The van der Waals surface area contributed by atoms with Crippen LogP contribution in [0.15, 0.2) is 45.3 Å². The average Bonchev–Trinajstić information content (AvgIpc) is 2.62. The summed E-state index contributed by atoms with van der Waals surface area (Å²) >= 11 is 7.77. The number of carbonyl (C=O) groups excluding carboxylic acids is 3. The van der Waals surface area contributed by atoms with E-state index < -0.39 is 17.4 Å². The molecule has 0 aliphatic heterocycles. The molecule has 1 N–H and O–H groups in total. The molecule has 0 amide bonds. The van der Waals surface area contributed by atoms with E-state index in [1.165, 1.54) is 18.2 Å². The van der Waals surface area contributed by atoms with E-state index in [2.05, 4.69) is 36.6 Å². The summed E-state index contributed by atoms with van der Waals surface area (Å²) in [7, 11) is 0. The Bertz CT molecular complexity index is 881. The first-order valence-corrected chi connectivity index (χ1v) is 9.61. The van der Waals surface area contributed by atoms with Crippen molar-refractivity contribution in [2.75, 3.05) is 0 Å². The molecule has 0 radical (unpaired) electrons. The Morgan fingerprint density at radius 2 is 1.45 bits per heavy atom. The molecule has 2 aromatic rings. The quantitative estimate of drug-likeness (QED) is 0.229. The summed E-state index contributed by atoms with van der Waals surface area (Å²) in [4.78, 5) is 25.8. The molecule has 31 heavy (non-hydrogen) atoms. The van der Waals surface area contributed by atoms with Crippen molar-refractivity contribution in [3.63, 3.8) is 0 Å². The van der Waals surface area contributed by atoms with Gasteiger partial charge >= 0.3 is 41.0 Å². The Balaban J connectivity index is 0. The summed E-state index contributed by atoms with van der Waals surface area (Å²) in [5.41, 5.74) is 0.409. The largest absolute Gasteiger partial charge is 1.00 e. The maximum atomic E-state index is 11.8. The van der Waals surface area contributed by atoms with E-state index in [0.29, 0.717) is 22.6 Å². The van der Waals surface area contributed by atoms with Crippen LogP contribution in [0.25, 0.3) is 0 Å². The molecule has 164 valence electrons. The van der Waals surface area contributed by atoms with Crippen molar-refractivity contribution >= 4 is 66.3 Å². The van der Waals surface area contributed by atoms with Gasteiger partial charge in [0.2, 0.25) is 0 Å². The number of carbonyl (C=O) groups is 3. The Kier molecular flexibility index (Phi) is 16.4. The Labute approximate surface area is 220 Å². The fourth-order valence-electron chi connectivity index (χ4n) is 1.42. The number of carboxylic acid groups (broad SMARTS) is 1. The fraction of sp³-hybridized carbons (Fsp3) is 0.118. The molecule has 2 aromatic carbocycles. The normalized spacial score (nSPS) is 9.81. The van der Waals surface area contributed by atoms with Crippen molar-refractivity contribution in [2.45, 2.75) is 11.4 Å². The van der Waals surface area contributed by atoms with Crippen LogP contribution >= 0.6 is 47.8 Å². The summed E-state index contributed by atoms with van der Waals surface area (Å²) in [5.74, 6) is -2.55. The topological polar surface area (TPSA) is 104 Å². The van der Waals surface area contributed by atoms with Gasteiger partial charge in [-0.15, -0.1) is 0 Å². The summed E-state index contributed by atoms with van der Waals surface area (Å²) in [6.07, 6.45) is 1.08. The zero-order chi connectivity index (χ0) is 23.5. The van der Waals surface area contributed by atoms with Crippen LogP contribution in [0.4, 0.5) is 17.6 Å². The molecule has 0 aromatic heterocycles.